The van der Waals surface area contributed by atoms with E-state index in [0.717, 1.165) is 48.6 Å². The number of hydrogen-bond acceptors (Lipinski definition) is 10. The van der Waals surface area contributed by atoms with Gasteiger partial charge in [0.15, 0.2) is 0 Å². The predicted octanol–water partition coefficient (Wildman–Crippen LogP) is 7.22. The summed E-state index contributed by atoms with van der Waals surface area (Å²) in [4.78, 5) is 9.02. The first-order valence-corrected chi connectivity index (χ1v) is 18.4. The first-order valence-electron chi connectivity index (χ1n) is 18.4. The molecule has 0 atom stereocenters. The van der Waals surface area contributed by atoms with Crippen LogP contribution in [0, 0.1) is 0 Å². The second-order valence-electron chi connectivity index (χ2n) is 11.7. The third kappa shape index (κ3) is 24.2. The van der Waals surface area contributed by atoms with Gasteiger partial charge in [0.2, 0.25) is 0 Å². The molecule has 2 aromatic heterocycles. The number of nitrogens with zero attached hydrogens (tertiary/aromatic N) is 2. The molecule has 0 aliphatic heterocycles. The highest BCUT2D eigenvalue weighted by molar-refractivity contribution is 5.55. The molecule has 0 radical (unpaired) electrons. The molecule has 0 N–H and O–H groups in total. The van der Waals surface area contributed by atoms with Crippen molar-refractivity contribution in [3.63, 3.8) is 0 Å². The van der Waals surface area contributed by atoms with Gasteiger partial charge < -0.3 is 37.9 Å². The van der Waals surface area contributed by atoms with Crippen molar-refractivity contribution in [3.8, 4) is 11.4 Å². The third-order valence-corrected chi connectivity index (χ3v) is 7.47. The monoisotopic (exact) mass is 676 g/mol. The van der Waals surface area contributed by atoms with E-state index in [1.807, 2.05) is 24.3 Å². The molecule has 10 nitrogen and oxygen atoms in total. The second-order valence-corrected chi connectivity index (χ2v) is 11.7. The van der Waals surface area contributed by atoms with Crippen LogP contribution in [0.2, 0.25) is 0 Å². The molecule has 0 saturated heterocycles. The van der Waals surface area contributed by atoms with Gasteiger partial charge in [0.05, 0.1) is 104 Å². The van der Waals surface area contributed by atoms with Crippen LogP contribution < -0.4 is 0 Å². The van der Waals surface area contributed by atoms with Crippen LogP contribution in [0.5, 0.6) is 0 Å². The fourth-order valence-electron chi connectivity index (χ4n) is 4.72. The average Bonchev–Trinajstić information content (AvgIpc) is 3.11. The highest BCUT2D eigenvalue weighted by Crippen LogP contribution is 2.18. The van der Waals surface area contributed by atoms with Gasteiger partial charge in [0.1, 0.15) is 0 Å². The fourth-order valence-corrected chi connectivity index (χ4v) is 4.72. The van der Waals surface area contributed by atoms with E-state index in [1.165, 1.54) is 51.4 Å². The molecule has 2 aromatic rings. The summed E-state index contributed by atoms with van der Waals surface area (Å²) in [7, 11) is 0. The summed E-state index contributed by atoms with van der Waals surface area (Å²) in [6.45, 7) is 13.8. The first-order chi connectivity index (χ1) is 23.8. The van der Waals surface area contributed by atoms with E-state index in [0.29, 0.717) is 92.5 Å². The van der Waals surface area contributed by atoms with E-state index in [4.69, 9.17) is 37.9 Å². The molecule has 0 aliphatic carbocycles. The van der Waals surface area contributed by atoms with Gasteiger partial charge >= 0.3 is 0 Å². The van der Waals surface area contributed by atoms with Gasteiger partial charge in [-0.15, -0.1) is 0 Å². The molecule has 0 aliphatic rings. The van der Waals surface area contributed by atoms with Crippen molar-refractivity contribution in [3.05, 3.63) is 47.8 Å². The number of rotatable bonds is 35. The Bertz CT molecular complexity index is 906. The molecule has 274 valence electrons. The summed E-state index contributed by atoms with van der Waals surface area (Å²) in [6.07, 6.45) is 16.1. The van der Waals surface area contributed by atoms with Crippen LogP contribution in [0.25, 0.3) is 11.4 Å². The lowest BCUT2D eigenvalue weighted by molar-refractivity contribution is -0.00441. The summed E-state index contributed by atoms with van der Waals surface area (Å²) in [5, 5.41) is 0. The molecule has 0 bridgehead atoms. The van der Waals surface area contributed by atoms with Crippen LogP contribution in [0.1, 0.15) is 89.2 Å². The quantitative estimate of drug-likeness (QED) is 0.0696. The van der Waals surface area contributed by atoms with Crippen molar-refractivity contribution in [1.82, 2.24) is 9.97 Å². The zero-order valence-corrected chi connectivity index (χ0v) is 30.0. The molecule has 0 spiro atoms. The Morgan fingerprint density at radius 2 is 0.688 bits per heavy atom. The van der Waals surface area contributed by atoms with E-state index in [-0.39, 0.29) is 0 Å². The molecule has 48 heavy (non-hydrogen) atoms. The summed E-state index contributed by atoms with van der Waals surface area (Å²) >= 11 is 0. The smallest absolute Gasteiger partial charge is 0.0889 e. The van der Waals surface area contributed by atoms with Crippen LogP contribution >= 0.6 is 0 Å². The standard InChI is InChI=1S/C38H64N2O8/c1-3-5-7-9-11-17-41-19-21-43-23-25-45-27-29-47-33-35-13-15-39-37(31-35)38-32-36(14-16-40-38)34-48-30-28-46-26-24-44-22-20-42-18-12-10-8-6-4-2/h13-16,31-32H,3-12,17-30,33-34H2,1-2H3. The van der Waals surface area contributed by atoms with E-state index in [9.17, 15) is 0 Å². The fraction of sp³-hybridized carbons (Fsp3) is 0.737. The Morgan fingerprint density at radius 3 is 1.04 bits per heavy atom. The summed E-state index contributed by atoms with van der Waals surface area (Å²) in [5.41, 5.74) is 3.66. The van der Waals surface area contributed by atoms with Crippen LogP contribution in [0.3, 0.4) is 0 Å². The van der Waals surface area contributed by atoms with Crippen molar-refractivity contribution in [2.24, 2.45) is 0 Å². The van der Waals surface area contributed by atoms with Gasteiger partial charge in [0.25, 0.3) is 0 Å². The molecule has 0 amide bonds. The lowest BCUT2D eigenvalue weighted by Crippen LogP contribution is -2.12. The maximum absolute atomic E-state index is 5.80. The van der Waals surface area contributed by atoms with Crippen LogP contribution in [-0.4, -0.2) is 102 Å². The number of pyridine rings is 2. The maximum atomic E-state index is 5.80. The van der Waals surface area contributed by atoms with Gasteiger partial charge in [-0.3, -0.25) is 9.97 Å². The number of aromatic nitrogens is 2. The molecule has 2 rings (SSSR count). The van der Waals surface area contributed by atoms with Crippen molar-refractivity contribution in [1.29, 1.82) is 0 Å². The lowest BCUT2D eigenvalue weighted by Gasteiger charge is -2.09. The van der Waals surface area contributed by atoms with E-state index in [1.54, 1.807) is 12.4 Å². The Morgan fingerprint density at radius 1 is 0.375 bits per heavy atom. The minimum Gasteiger partial charge on any atom is -0.379 e. The lowest BCUT2D eigenvalue weighted by atomic mass is 10.1. The molecule has 0 aromatic carbocycles. The SMILES string of the molecule is CCCCCCCOCCOCCOCCOCc1ccnc(-c2cc(COCCOCCOCCOCCCCCCC)ccn2)c1. The highest BCUT2D eigenvalue weighted by atomic mass is 16.6. The number of ether oxygens (including phenoxy) is 8. The third-order valence-electron chi connectivity index (χ3n) is 7.47. The van der Waals surface area contributed by atoms with Crippen molar-refractivity contribution >= 4 is 0 Å². The summed E-state index contributed by atoms with van der Waals surface area (Å²) in [5.74, 6) is 0. The zero-order valence-electron chi connectivity index (χ0n) is 30.0. The molecular weight excluding hydrogens is 612 g/mol. The molecule has 0 fully saturated rings. The maximum Gasteiger partial charge on any atom is 0.0889 e. The largest absolute Gasteiger partial charge is 0.379 e. The van der Waals surface area contributed by atoms with Gasteiger partial charge in [-0.1, -0.05) is 65.2 Å². The molecule has 0 saturated carbocycles. The Balaban J connectivity index is 1.45. The van der Waals surface area contributed by atoms with Gasteiger partial charge in [-0.2, -0.15) is 0 Å². The molecule has 2 heterocycles. The van der Waals surface area contributed by atoms with Gasteiger partial charge in [-0.05, 0) is 48.2 Å². The van der Waals surface area contributed by atoms with Crippen molar-refractivity contribution in [2.45, 2.75) is 91.3 Å². The first kappa shape index (κ1) is 42.1. The van der Waals surface area contributed by atoms with E-state index >= 15 is 0 Å². The Hall–Kier alpha value is -2.02. The minimum atomic E-state index is 0.478. The summed E-state index contributed by atoms with van der Waals surface area (Å²) in [6, 6.07) is 7.92. The average molecular weight is 677 g/mol. The van der Waals surface area contributed by atoms with Crippen LogP contribution in [0.15, 0.2) is 36.7 Å². The van der Waals surface area contributed by atoms with E-state index in [2.05, 4.69) is 23.8 Å². The second kappa shape index (κ2) is 32.2. The topological polar surface area (TPSA) is 99.6 Å². The minimum absolute atomic E-state index is 0.478. The number of hydrogen-bond donors (Lipinski definition) is 0. The predicted molar refractivity (Wildman–Crippen MR) is 189 cm³/mol. The molecule has 10 heteroatoms. The van der Waals surface area contributed by atoms with Crippen LogP contribution in [-0.2, 0) is 51.1 Å². The van der Waals surface area contributed by atoms with Crippen molar-refractivity contribution < 1.29 is 37.9 Å². The van der Waals surface area contributed by atoms with Crippen LogP contribution in [0.4, 0.5) is 0 Å². The normalized spacial score (nSPS) is 11.5. The highest BCUT2D eigenvalue weighted by Gasteiger charge is 2.05. The van der Waals surface area contributed by atoms with Gasteiger partial charge in [0, 0.05) is 25.6 Å². The van der Waals surface area contributed by atoms with Gasteiger partial charge in [-0.25, -0.2) is 0 Å². The van der Waals surface area contributed by atoms with Crippen molar-refractivity contribution in [2.75, 3.05) is 92.5 Å². The Kier molecular flexibility index (Phi) is 28.3. The molecule has 0 unspecified atom stereocenters. The zero-order chi connectivity index (χ0) is 34.0. The van der Waals surface area contributed by atoms with E-state index < -0.39 is 0 Å². The molecular formula is C38H64N2O8. The Labute approximate surface area is 290 Å². The summed E-state index contributed by atoms with van der Waals surface area (Å²) < 4.78 is 45.2. The number of unbranched alkanes of at least 4 members (excludes halogenated alkanes) is 8.